The maximum Gasteiger partial charge on any atom is 0.222 e. The lowest BCUT2D eigenvalue weighted by Gasteiger charge is -2.37. The van der Waals surface area contributed by atoms with Gasteiger partial charge in [-0.05, 0) is 24.1 Å². The Balaban J connectivity index is 2.41. The van der Waals surface area contributed by atoms with Gasteiger partial charge in [0.2, 0.25) is 11.8 Å². The summed E-state index contributed by atoms with van der Waals surface area (Å²) in [5.74, 6) is -0.706. The summed E-state index contributed by atoms with van der Waals surface area (Å²) in [4.78, 5) is 24.9. The number of rotatable bonds is 2. The molecule has 2 N–H and O–H groups in total. The largest absolute Gasteiger partial charge is 0.369 e. The van der Waals surface area contributed by atoms with Crippen molar-refractivity contribution >= 4 is 23.4 Å². The van der Waals surface area contributed by atoms with E-state index in [0.717, 1.165) is 5.56 Å². The standard InChI is InChI=1S/C13H15ClN2O2/c1-16-11(17)6-5-10(13(15)18)12(16)8-3-2-4-9(14)7-8/h2-4,7,10,12H,5-6H2,1H3,(H2,15,18)/t10-,12-/m1/s1. The molecule has 1 aromatic carbocycles. The second-order valence-electron chi connectivity index (χ2n) is 4.55. The molecule has 5 heteroatoms. The molecule has 1 aliphatic heterocycles. The molecule has 2 atom stereocenters. The monoisotopic (exact) mass is 266 g/mol. The van der Waals surface area contributed by atoms with E-state index >= 15 is 0 Å². The van der Waals surface area contributed by atoms with E-state index in [4.69, 9.17) is 17.3 Å². The van der Waals surface area contributed by atoms with E-state index in [1.165, 1.54) is 0 Å². The highest BCUT2D eigenvalue weighted by Crippen LogP contribution is 2.36. The molecule has 4 nitrogen and oxygen atoms in total. The second-order valence-corrected chi connectivity index (χ2v) is 4.99. The predicted molar refractivity (Wildman–Crippen MR) is 68.9 cm³/mol. The molecule has 2 amide bonds. The molecule has 0 aliphatic carbocycles. The van der Waals surface area contributed by atoms with E-state index in [-0.39, 0.29) is 23.8 Å². The fourth-order valence-electron chi connectivity index (χ4n) is 2.48. The van der Waals surface area contributed by atoms with Crippen LogP contribution in [0.4, 0.5) is 0 Å². The van der Waals surface area contributed by atoms with Crippen molar-refractivity contribution in [1.82, 2.24) is 4.90 Å². The number of likely N-dealkylation sites (tertiary alicyclic amines) is 1. The summed E-state index contributed by atoms with van der Waals surface area (Å²) >= 11 is 5.96. The Kier molecular flexibility index (Phi) is 3.57. The highest BCUT2D eigenvalue weighted by atomic mass is 35.5. The Bertz CT molecular complexity index is 490. The first kappa shape index (κ1) is 12.9. The first-order valence-electron chi connectivity index (χ1n) is 5.81. The minimum absolute atomic E-state index is 0.0254. The predicted octanol–water partition coefficient (Wildman–Crippen LogP) is 1.73. The molecule has 1 heterocycles. The number of carbonyl (C=O) groups is 2. The van der Waals surface area contributed by atoms with Crippen molar-refractivity contribution in [3.8, 4) is 0 Å². The van der Waals surface area contributed by atoms with Gasteiger partial charge in [0.05, 0.1) is 12.0 Å². The van der Waals surface area contributed by atoms with Gasteiger partial charge in [-0.15, -0.1) is 0 Å². The van der Waals surface area contributed by atoms with Gasteiger partial charge in [-0.3, -0.25) is 9.59 Å². The highest BCUT2D eigenvalue weighted by Gasteiger charge is 2.37. The quantitative estimate of drug-likeness (QED) is 0.886. The fraction of sp³-hybridized carbons (Fsp3) is 0.385. The van der Waals surface area contributed by atoms with Crippen LogP contribution in [0, 0.1) is 5.92 Å². The van der Waals surface area contributed by atoms with Crippen LogP contribution in [0.15, 0.2) is 24.3 Å². The summed E-state index contributed by atoms with van der Waals surface area (Å²) in [5, 5.41) is 0.585. The van der Waals surface area contributed by atoms with Crippen LogP contribution in [0.2, 0.25) is 5.02 Å². The maximum atomic E-state index is 11.8. The molecule has 0 radical (unpaired) electrons. The van der Waals surface area contributed by atoms with E-state index < -0.39 is 0 Å². The maximum absolute atomic E-state index is 11.8. The summed E-state index contributed by atoms with van der Waals surface area (Å²) < 4.78 is 0. The normalized spacial score (nSPS) is 24.1. The number of piperidine rings is 1. The van der Waals surface area contributed by atoms with Crippen LogP contribution in [0.25, 0.3) is 0 Å². The smallest absolute Gasteiger partial charge is 0.222 e. The van der Waals surface area contributed by atoms with Crippen molar-refractivity contribution in [3.05, 3.63) is 34.9 Å². The SMILES string of the molecule is CN1C(=O)CC[C@@H](C(N)=O)[C@H]1c1cccc(Cl)c1. The number of benzene rings is 1. The summed E-state index contributed by atoms with van der Waals surface area (Å²) in [7, 11) is 1.70. The van der Waals surface area contributed by atoms with Gasteiger partial charge in [-0.25, -0.2) is 0 Å². The van der Waals surface area contributed by atoms with E-state index in [1.54, 1.807) is 24.1 Å². The lowest BCUT2D eigenvalue weighted by molar-refractivity contribution is -0.140. The van der Waals surface area contributed by atoms with Crippen LogP contribution in [-0.2, 0) is 9.59 Å². The molecular weight excluding hydrogens is 252 g/mol. The number of nitrogens with zero attached hydrogens (tertiary/aromatic N) is 1. The number of carbonyl (C=O) groups excluding carboxylic acids is 2. The average Bonchev–Trinajstić information content (AvgIpc) is 2.32. The van der Waals surface area contributed by atoms with Gasteiger partial charge in [-0.1, -0.05) is 23.7 Å². The third kappa shape index (κ3) is 2.34. The molecule has 0 aromatic heterocycles. The summed E-state index contributed by atoms with van der Waals surface area (Å²) in [6.45, 7) is 0. The van der Waals surface area contributed by atoms with Crippen LogP contribution >= 0.6 is 11.6 Å². The van der Waals surface area contributed by atoms with Crippen molar-refractivity contribution in [2.75, 3.05) is 7.05 Å². The zero-order valence-electron chi connectivity index (χ0n) is 10.1. The molecule has 1 aromatic rings. The van der Waals surface area contributed by atoms with Gasteiger partial charge in [0, 0.05) is 18.5 Å². The Labute approximate surface area is 111 Å². The molecule has 1 fully saturated rings. The van der Waals surface area contributed by atoms with Crippen LogP contribution in [0.3, 0.4) is 0 Å². The van der Waals surface area contributed by atoms with Crippen molar-refractivity contribution in [2.45, 2.75) is 18.9 Å². The second kappa shape index (κ2) is 4.98. The highest BCUT2D eigenvalue weighted by molar-refractivity contribution is 6.30. The topological polar surface area (TPSA) is 63.4 Å². The van der Waals surface area contributed by atoms with Gasteiger partial charge >= 0.3 is 0 Å². The first-order valence-corrected chi connectivity index (χ1v) is 6.19. The number of halogens is 1. The van der Waals surface area contributed by atoms with Crippen LogP contribution in [-0.4, -0.2) is 23.8 Å². The molecule has 0 bridgehead atoms. The van der Waals surface area contributed by atoms with Gasteiger partial charge in [0.25, 0.3) is 0 Å². The third-order valence-electron chi connectivity index (χ3n) is 3.42. The summed E-state index contributed by atoms with van der Waals surface area (Å²) in [5.41, 5.74) is 6.28. The molecule has 1 aliphatic rings. The van der Waals surface area contributed by atoms with Gasteiger partial charge in [0.15, 0.2) is 0 Å². The average molecular weight is 267 g/mol. The third-order valence-corrected chi connectivity index (χ3v) is 3.65. The number of nitrogens with two attached hydrogens (primary N) is 1. The fourth-order valence-corrected chi connectivity index (χ4v) is 2.68. The van der Waals surface area contributed by atoms with Crippen molar-refractivity contribution in [3.63, 3.8) is 0 Å². The number of primary amides is 1. The molecular formula is C13H15ClN2O2. The van der Waals surface area contributed by atoms with E-state index in [2.05, 4.69) is 0 Å². The number of hydrogen-bond donors (Lipinski definition) is 1. The van der Waals surface area contributed by atoms with Crippen LogP contribution in [0.1, 0.15) is 24.4 Å². The minimum atomic E-state index is -0.376. The van der Waals surface area contributed by atoms with Crippen LogP contribution in [0.5, 0.6) is 0 Å². The van der Waals surface area contributed by atoms with Crippen molar-refractivity contribution in [1.29, 1.82) is 0 Å². The van der Waals surface area contributed by atoms with Crippen molar-refractivity contribution in [2.24, 2.45) is 11.7 Å². The van der Waals surface area contributed by atoms with Crippen molar-refractivity contribution < 1.29 is 9.59 Å². The summed E-state index contributed by atoms with van der Waals surface area (Å²) in [6.07, 6.45) is 0.858. The van der Waals surface area contributed by atoms with Gasteiger partial charge < -0.3 is 10.6 Å². The zero-order valence-corrected chi connectivity index (χ0v) is 10.9. The van der Waals surface area contributed by atoms with Gasteiger partial charge in [0.1, 0.15) is 0 Å². The Hall–Kier alpha value is -1.55. The lowest BCUT2D eigenvalue weighted by atomic mass is 9.84. The Morgan fingerprint density at radius 2 is 2.22 bits per heavy atom. The van der Waals surface area contributed by atoms with E-state index in [9.17, 15) is 9.59 Å². The Morgan fingerprint density at radius 3 is 2.83 bits per heavy atom. The minimum Gasteiger partial charge on any atom is -0.369 e. The lowest BCUT2D eigenvalue weighted by Crippen LogP contribution is -2.44. The molecule has 0 spiro atoms. The van der Waals surface area contributed by atoms with E-state index in [0.29, 0.717) is 17.9 Å². The number of hydrogen-bond acceptors (Lipinski definition) is 2. The zero-order chi connectivity index (χ0) is 13.3. The van der Waals surface area contributed by atoms with Crippen LogP contribution < -0.4 is 5.73 Å². The van der Waals surface area contributed by atoms with Gasteiger partial charge in [-0.2, -0.15) is 0 Å². The molecule has 96 valence electrons. The summed E-state index contributed by atoms with van der Waals surface area (Å²) in [6, 6.07) is 6.89. The van der Waals surface area contributed by atoms with E-state index in [1.807, 2.05) is 12.1 Å². The molecule has 2 rings (SSSR count). The molecule has 18 heavy (non-hydrogen) atoms. The Morgan fingerprint density at radius 1 is 1.50 bits per heavy atom. The molecule has 1 saturated heterocycles. The molecule has 0 unspecified atom stereocenters. The number of amides is 2. The first-order chi connectivity index (χ1) is 8.50. The molecule has 0 saturated carbocycles.